The molecule has 48 atom stereocenters. The Morgan fingerprint density at radius 3 is 0.603 bits per heavy atom. The molecule has 9 heteroatoms. The van der Waals surface area contributed by atoms with E-state index in [0.29, 0.717) is 44.8 Å². The molecular formula is C137H244O9. The molecule has 0 saturated heterocycles. The van der Waals surface area contributed by atoms with Gasteiger partial charge in [0.05, 0.1) is 51.9 Å². The van der Waals surface area contributed by atoms with Gasteiger partial charge in [-0.15, -0.1) is 0 Å². The van der Waals surface area contributed by atoms with Crippen molar-refractivity contribution in [1.82, 2.24) is 0 Å². The molecular weight excluding hydrogens is 1790 g/mol. The number of fused-ring (bicyclic) bond motifs is 25. The summed E-state index contributed by atoms with van der Waals surface area (Å²) in [5, 5.41) is 95.6. The van der Waals surface area contributed by atoms with Crippen LogP contribution in [0, 0.1) is 252 Å². The second-order valence-corrected chi connectivity index (χ2v) is 63.0. The summed E-state index contributed by atoms with van der Waals surface area (Å²) in [6, 6.07) is 0. The fourth-order valence-corrected chi connectivity index (χ4v) is 45.7. The van der Waals surface area contributed by atoms with Crippen molar-refractivity contribution in [2.75, 3.05) is 0 Å². The molecule has 9 nitrogen and oxygen atoms in total. The summed E-state index contributed by atoms with van der Waals surface area (Å²) in [6.07, 6.45) is 77.5. The van der Waals surface area contributed by atoms with E-state index in [9.17, 15) is 46.0 Å². The molecule has 0 spiro atoms. The third-order valence-corrected chi connectivity index (χ3v) is 54.9. The van der Waals surface area contributed by atoms with Crippen LogP contribution in [0.15, 0.2) is 0 Å². The first kappa shape index (κ1) is 118. The molecule has 9 N–H and O–H groups in total. The van der Waals surface area contributed by atoms with Crippen molar-refractivity contribution in [2.45, 2.75) is 610 Å². The summed E-state index contributed by atoms with van der Waals surface area (Å²) in [5.74, 6) is 32.4. The minimum Gasteiger partial charge on any atom is -0.393 e. The minimum atomic E-state index is -0.523. The molecule has 0 aliphatic heterocycles. The van der Waals surface area contributed by atoms with E-state index in [1.54, 1.807) is 0 Å². The molecule has 20 aliphatic carbocycles. The second kappa shape index (κ2) is 47.9. The summed E-state index contributed by atoms with van der Waals surface area (Å²) in [6.45, 7) is 55.9. The molecule has 846 valence electrons. The zero-order chi connectivity index (χ0) is 105. The lowest BCUT2D eigenvalue weighted by Crippen LogP contribution is -2.51. The van der Waals surface area contributed by atoms with E-state index in [1.807, 2.05) is 13.8 Å². The maximum absolute atomic E-state index is 10.9. The molecule has 20 fully saturated rings. The summed E-state index contributed by atoms with van der Waals surface area (Å²) < 4.78 is 0. The maximum Gasteiger partial charge on any atom is 0.0648 e. The maximum atomic E-state index is 10.9. The first-order valence-electron chi connectivity index (χ1n) is 66.4. The Kier molecular flexibility index (Phi) is 38.7. The topological polar surface area (TPSA) is 182 Å². The Hall–Kier alpha value is -0.360. The van der Waals surface area contributed by atoms with E-state index >= 15 is 0 Å². The molecule has 0 bridgehead atoms. The van der Waals surface area contributed by atoms with E-state index in [-0.39, 0.29) is 46.3 Å². The molecule has 20 saturated carbocycles. The van der Waals surface area contributed by atoms with Gasteiger partial charge in [-0.05, 0) is 638 Å². The molecule has 0 aromatic heterocycles. The Labute approximate surface area is 901 Å². The van der Waals surface area contributed by atoms with E-state index in [0.717, 1.165) is 329 Å². The number of aliphatic hydroxyl groups excluding tert-OH is 3. The van der Waals surface area contributed by atoms with Crippen molar-refractivity contribution in [2.24, 2.45) is 252 Å². The normalized spacial score (nSPS) is 48.6. The molecule has 20 rings (SSSR count). The smallest absolute Gasteiger partial charge is 0.0648 e. The number of rotatable bonds is 28. The van der Waals surface area contributed by atoms with Gasteiger partial charge >= 0.3 is 0 Å². The number of aliphatic hydroxyl groups is 9. The SMILES string of the molecule is CCCC[C@@H](C)[C@H]1CC[C@H]2[C@@H]3CC[C@H]4C[C@](O)(CC)CC[C@@H]4[C@H]3CC[C@]12C.CC[C@]1(O)CC[C@H]2[C@@H](CC[C@@H]3[C@@H]2CC[C@]2(C)[C@@H]([C@H](C)CCC(C)(C)O)CC[C@@H]32)C1.CC[C@]1(O)CC[C@H]2[C@@H](CC[C@@H]3[C@@H]2CC[C@]2(C)[C@@H]([C@H](C)CCC(O)C(C)C)CC[C@@H]32)C1.CC[C@]1(O)CC[C@H]2[C@@H](CC[C@@H]3[C@@H]2CC[C@]2(C)[C@@H]([C@H](C)CC[C@@H](O)C(C)C)CC[C@@H]32)C1.CC[C@]1(O)CC[C@H]2[C@@H](CC[C@@H]3[C@@H]2CC[C@]2(C)[C@@H]([C@H](C)CC[C@H](O)C(C)C)CC[C@@H]32)C1. The third-order valence-electron chi connectivity index (χ3n) is 54.9. The van der Waals surface area contributed by atoms with Gasteiger partial charge in [-0.1, -0.05) is 172 Å². The van der Waals surface area contributed by atoms with Gasteiger partial charge in [0.15, 0.2) is 0 Å². The van der Waals surface area contributed by atoms with Gasteiger partial charge in [0.2, 0.25) is 0 Å². The van der Waals surface area contributed by atoms with Crippen LogP contribution in [0.5, 0.6) is 0 Å². The van der Waals surface area contributed by atoms with Gasteiger partial charge in [-0.25, -0.2) is 0 Å². The lowest BCUT2D eigenvalue weighted by Gasteiger charge is -2.57. The van der Waals surface area contributed by atoms with Crippen LogP contribution in [0.1, 0.15) is 558 Å². The molecule has 146 heavy (non-hydrogen) atoms. The van der Waals surface area contributed by atoms with Crippen molar-refractivity contribution in [3.63, 3.8) is 0 Å². The van der Waals surface area contributed by atoms with Gasteiger partial charge in [-0.3, -0.25) is 0 Å². The van der Waals surface area contributed by atoms with Crippen molar-refractivity contribution < 1.29 is 46.0 Å². The van der Waals surface area contributed by atoms with Crippen molar-refractivity contribution in [1.29, 1.82) is 0 Å². The highest BCUT2D eigenvalue weighted by Crippen LogP contribution is 2.74. The molecule has 0 amide bonds. The van der Waals surface area contributed by atoms with Crippen molar-refractivity contribution in [3.05, 3.63) is 0 Å². The minimum absolute atomic E-state index is 0.128. The van der Waals surface area contributed by atoms with Crippen LogP contribution in [-0.2, 0) is 0 Å². The zero-order valence-electron chi connectivity index (χ0n) is 100. The Bertz CT molecular complexity index is 3770. The Balaban J connectivity index is 0.000000131. The van der Waals surface area contributed by atoms with Crippen molar-refractivity contribution in [3.8, 4) is 0 Å². The van der Waals surface area contributed by atoms with E-state index < -0.39 is 5.60 Å². The fourth-order valence-electron chi connectivity index (χ4n) is 45.7. The first-order valence-corrected chi connectivity index (χ1v) is 66.4. The summed E-state index contributed by atoms with van der Waals surface area (Å²) in [7, 11) is 0. The lowest BCUT2D eigenvalue weighted by molar-refractivity contribution is -0.109. The largest absolute Gasteiger partial charge is 0.393 e. The van der Waals surface area contributed by atoms with E-state index in [4.69, 9.17) is 0 Å². The average molecular weight is 2040 g/mol. The summed E-state index contributed by atoms with van der Waals surface area (Å²) in [4.78, 5) is 0. The molecule has 20 aliphatic rings. The number of unbranched alkanes of at least 4 members (excludes halogenated alkanes) is 1. The second-order valence-electron chi connectivity index (χ2n) is 63.0. The lowest BCUT2D eigenvalue weighted by atomic mass is 9.48. The third kappa shape index (κ3) is 24.3. The van der Waals surface area contributed by atoms with Gasteiger partial charge in [0.25, 0.3) is 0 Å². The van der Waals surface area contributed by atoms with Crippen LogP contribution in [0.4, 0.5) is 0 Å². The van der Waals surface area contributed by atoms with Gasteiger partial charge < -0.3 is 46.0 Å². The predicted octanol–water partition coefficient (Wildman–Crippen LogP) is 34.3. The Morgan fingerprint density at radius 2 is 0.418 bits per heavy atom. The van der Waals surface area contributed by atoms with Crippen LogP contribution in [0.2, 0.25) is 0 Å². The number of hydrogen-bond acceptors (Lipinski definition) is 9. The van der Waals surface area contributed by atoms with Gasteiger partial charge in [-0.2, -0.15) is 0 Å². The quantitative estimate of drug-likeness (QED) is 0.0368. The first-order chi connectivity index (χ1) is 69.0. The van der Waals surface area contributed by atoms with Gasteiger partial charge in [0, 0.05) is 0 Å². The van der Waals surface area contributed by atoms with Gasteiger partial charge in [0.1, 0.15) is 0 Å². The van der Waals surface area contributed by atoms with Crippen LogP contribution < -0.4 is 0 Å². The summed E-state index contributed by atoms with van der Waals surface area (Å²) >= 11 is 0. The van der Waals surface area contributed by atoms with Crippen molar-refractivity contribution >= 4 is 0 Å². The summed E-state index contributed by atoms with van der Waals surface area (Å²) in [5.41, 5.74) is 0.508. The predicted molar refractivity (Wildman–Crippen MR) is 610 cm³/mol. The van der Waals surface area contributed by atoms with Crippen LogP contribution in [-0.4, -0.2) is 97.9 Å². The highest BCUT2D eigenvalue weighted by molar-refractivity contribution is 5.16. The zero-order valence-corrected chi connectivity index (χ0v) is 100. The molecule has 0 radical (unpaired) electrons. The standard InChI is InChI=1S/3C28H50O2.C27H48O2.C26H46O/c3*1-6-28(30)16-14-21-20(17-28)8-9-23-22(21)13-15-27(5)24(10-11-25(23)27)19(4)7-12-26(29)18(2)3;1-6-27(29)16-13-20-19(17-27)7-8-22-21(20)12-15-26(5)23(9-10-24(22)26)18(2)11-14-25(3,4)28;1-5-7-8-18(3)23-11-12-24-22-10-9-19-17-26(27,6-2)16-14-20(19)21(22)13-15-25(23,24)4/h3*18-26,29-30H,6-17H2,1-5H3;18-24,28-29H,6-17H2,1-5H3;18-24,27H,5-17H2,1-4H3/t19-,20+,21+,22-,23-,24-,25+,26?,27-,28+;19-,20+,21+,22-,23-,24-,25+,26+,27-,28+;19-,20+,21+,22-,23-,24-,25+,26-,27-,28+;18-,19+,20+,21-,22-,23-,24+,26-,27+;18-,19+,20+,21-,22-,23-,24+,25-,26+/m11111/s1. The van der Waals surface area contributed by atoms with E-state index in [2.05, 4.69) is 152 Å². The average Bonchev–Trinajstić information content (AvgIpc) is 1.57. The highest BCUT2D eigenvalue weighted by Gasteiger charge is 2.66. The van der Waals surface area contributed by atoms with E-state index in [1.165, 1.54) is 270 Å². The number of hydrogen-bond donors (Lipinski definition) is 9. The molecule has 0 aromatic rings. The highest BCUT2D eigenvalue weighted by atomic mass is 16.3. The van der Waals surface area contributed by atoms with Crippen LogP contribution in [0.25, 0.3) is 0 Å². The molecule has 0 aromatic carbocycles. The Morgan fingerprint density at radius 1 is 0.226 bits per heavy atom. The monoisotopic (exact) mass is 2030 g/mol. The van der Waals surface area contributed by atoms with Crippen LogP contribution in [0.3, 0.4) is 0 Å². The molecule has 1 unspecified atom stereocenters. The fraction of sp³-hybridized carbons (Fsp3) is 1.00. The van der Waals surface area contributed by atoms with Crippen LogP contribution >= 0.6 is 0 Å². The molecule has 0 heterocycles.